The summed E-state index contributed by atoms with van der Waals surface area (Å²) in [7, 11) is 5.91. The van der Waals surface area contributed by atoms with Crippen molar-refractivity contribution in [1.82, 2.24) is 9.97 Å². The van der Waals surface area contributed by atoms with Crippen LogP contribution in [0.4, 0.5) is 0 Å². The number of aromatic nitrogens is 2. The van der Waals surface area contributed by atoms with Gasteiger partial charge in [-0.15, -0.1) is 0 Å². The van der Waals surface area contributed by atoms with Gasteiger partial charge < -0.3 is 23.7 Å². The molecule has 24 heavy (non-hydrogen) atoms. The Morgan fingerprint density at radius 3 is 1.96 bits per heavy atom. The highest BCUT2D eigenvalue weighted by molar-refractivity contribution is 6.35. The summed E-state index contributed by atoms with van der Waals surface area (Å²) < 4.78 is 26.4. The van der Waals surface area contributed by atoms with Crippen molar-refractivity contribution in [3.8, 4) is 23.5 Å². The molecule has 2 rings (SSSR count). The Kier molecular flexibility index (Phi) is 6.44. The third-order valence-electron chi connectivity index (χ3n) is 2.99. The van der Waals surface area contributed by atoms with Crippen LogP contribution < -0.4 is 14.2 Å². The lowest BCUT2D eigenvalue weighted by Crippen LogP contribution is -2.07. The van der Waals surface area contributed by atoms with Gasteiger partial charge in [0.25, 0.3) is 0 Å². The minimum absolute atomic E-state index is 0.0115. The van der Waals surface area contributed by atoms with Gasteiger partial charge in [-0.3, -0.25) is 0 Å². The van der Waals surface area contributed by atoms with E-state index in [1.807, 2.05) is 0 Å². The highest BCUT2D eigenvalue weighted by Crippen LogP contribution is 2.39. The first-order valence-corrected chi connectivity index (χ1v) is 7.47. The Labute approximate surface area is 149 Å². The molecule has 9 heteroatoms. The average molecular weight is 375 g/mol. The zero-order valence-electron chi connectivity index (χ0n) is 13.5. The molecule has 2 aromatic rings. The number of benzene rings is 1. The first kappa shape index (κ1) is 18.5. The third-order valence-corrected chi connectivity index (χ3v) is 3.49. The molecular weight excluding hydrogens is 359 g/mol. The maximum atomic E-state index is 6.25. The molecule has 0 radical (unpaired) electrons. The minimum Gasteiger partial charge on any atom is -0.481 e. The van der Waals surface area contributed by atoms with Crippen LogP contribution in [0.3, 0.4) is 0 Å². The van der Waals surface area contributed by atoms with Gasteiger partial charge in [0.05, 0.1) is 30.9 Å². The highest BCUT2D eigenvalue weighted by Gasteiger charge is 2.21. The topological polar surface area (TPSA) is 71.9 Å². The quantitative estimate of drug-likeness (QED) is 0.680. The molecule has 130 valence electrons. The fraction of sp³-hybridized carbons (Fsp3) is 0.333. The fourth-order valence-electron chi connectivity index (χ4n) is 1.94. The molecule has 0 aliphatic carbocycles. The van der Waals surface area contributed by atoms with E-state index in [0.29, 0.717) is 10.6 Å². The van der Waals surface area contributed by atoms with E-state index in [2.05, 4.69) is 9.97 Å². The van der Waals surface area contributed by atoms with Crippen molar-refractivity contribution in [3.05, 3.63) is 33.8 Å². The second kappa shape index (κ2) is 8.34. The number of hydrogen-bond acceptors (Lipinski definition) is 7. The monoisotopic (exact) mass is 374 g/mol. The van der Waals surface area contributed by atoms with Crippen LogP contribution >= 0.6 is 23.2 Å². The molecule has 0 bridgehead atoms. The number of rotatable bonds is 7. The van der Waals surface area contributed by atoms with E-state index >= 15 is 0 Å². The van der Waals surface area contributed by atoms with Crippen molar-refractivity contribution in [2.45, 2.75) is 6.29 Å². The summed E-state index contributed by atoms with van der Waals surface area (Å²) >= 11 is 12.3. The van der Waals surface area contributed by atoms with Crippen LogP contribution in [0.2, 0.25) is 10.0 Å². The van der Waals surface area contributed by atoms with Gasteiger partial charge >= 0.3 is 6.01 Å². The molecule has 1 heterocycles. The van der Waals surface area contributed by atoms with E-state index in [9.17, 15) is 0 Å². The standard InChI is InChI=1S/C15H16Cl2N2O5/c1-20-11-7-12(21-2)19-15(18-11)24-13-9(14(22-3)23-4)5-8(16)6-10(13)17/h5-7,14H,1-4H3. The largest absolute Gasteiger partial charge is 0.481 e. The number of hydrogen-bond donors (Lipinski definition) is 0. The maximum absolute atomic E-state index is 6.25. The summed E-state index contributed by atoms with van der Waals surface area (Å²) in [5.74, 6) is 0.808. The van der Waals surface area contributed by atoms with Crippen LogP contribution in [0.5, 0.6) is 23.5 Å². The van der Waals surface area contributed by atoms with Crippen molar-refractivity contribution in [2.24, 2.45) is 0 Å². The van der Waals surface area contributed by atoms with Crippen molar-refractivity contribution >= 4 is 23.2 Å². The van der Waals surface area contributed by atoms with Crippen LogP contribution in [-0.2, 0) is 9.47 Å². The smallest absolute Gasteiger partial charge is 0.328 e. The Bertz CT molecular complexity index is 688. The van der Waals surface area contributed by atoms with Crippen molar-refractivity contribution in [2.75, 3.05) is 28.4 Å². The predicted octanol–water partition coefficient (Wildman–Crippen LogP) is 3.88. The average Bonchev–Trinajstić information content (AvgIpc) is 2.58. The molecule has 1 aromatic heterocycles. The van der Waals surface area contributed by atoms with E-state index in [-0.39, 0.29) is 28.5 Å². The lowest BCUT2D eigenvalue weighted by Gasteiger charge is -2.19. The molecule has 0 fully saturated rings. The fourth-order valence-corrected chi connectivity index (χ4v) is 2.49. The molecule has 0 atom stereocenters. The summed E-state index contributed by atoms with van der Waals surface area (Å²) in [6.07, 6.45) is -0.733. The van der Waals surface area contributed by atoms with Gasteiger partial charge in [0.15, 0.2) is 12.0 Å². The maximum Gasteiger partial charge on any atom is 0.328 e. The van der Waals surface area contributed by atoms with Crippen molar-refractivity contribution in [3.63, 3.8) is 0 Å². The van der Waals surface area contributed by atoms with E-state index < -0.39 is 6.29 Å². The molecule has 1 aromatic carbocycles. The number of halogens is 2. The van der Waals surface area contributed by atoms with Crippen LogP contribution in [-0.4, -0.2) is 38.4 Å². The second-order valence-electron chi connectivity index (χ2n) is 4.45. The Morgan fingerprint density at radius 1 is 0.875 bits per heavy atom. The molecule has 0 N–H and O–H groups in total. The first-order chi connectivity index (χ1) is 11.5. The van der Waals surface area contributed by atoms with Gasteiger partial charge in [-0.25, -0.2) is 0 Å². The molecule has 7 nitrogen and oxygen atoms in total. The SMILES string of the molecule is COc1cc(OC)nc(Oc2c(Cl)cc(Cl)cc2C(OC)OC)n1. The third kappa shape index (κ3) is 4.18. The zero-order valence-corrected chi connectivity index (χ0v) is 15.0. The van der Waals surface area contributed by atoms with Gasteiger partial charge in [-0.05, 0) is 12.1 Å². The number of ether oxygens (including phenoxy) is 5. The van der Waals surface area contributed by atoms with E-state index in [0.717, 1.165) is 0 Å². The summed E-state index contributed by atoms with van der Waals surface area (Å²) in [6, 6.07) is 4.66. The molecule has 0 spiro atoms. The molecule has 0 unspecified atom stereocenters. The Balaban J connectivity index is 2.49. The zero-order chi connectivity index (χ0) is 17.7. The summed E-state index contributed by atoms with van der Waals surface area (Å²) in [5.41, 5.74) is 0.489. The Hall–Kier alpha value is -1.80. The lowest BCUT2D eigenvalue weighted by atomic mass is 10.2. The lowest BCUT2D eigenvalue weighted by molar-refractivity contribution is -0.106. The van der Waals surface area contributed by atoms with Gasteiger partial charge in [-0.1, -0.05) is 23.2 Å². The van der Waals surface area contributed by atoms with Crippen LogP contribution in [0, 0.1) is 0 Å². The van der Waals surface area contributed by atoms with E-state index in [4.69, 9.17) is 46.9 Å². The van der Waals surface area contributed by atoms with E-state index in [1.54, 1.807) is 6.07 Å². The predicted molar refractivity (Wildman–Crippen MR) is 88.4 cm³/mol. The van der Waals surface area contributed by atoms with Gasteiger partial charge in [0.1, 0.15) is 0 Å². The van der Waals surface area contributed by atoms with Gasteiger partial charge in [-0.2, -0.15) is 9.97 Å². The van der Waals surface area contributed by atoms with Crippen molar-refractivity contribution in [1.29, 1.82) is 0 Å². The first-order valence-electron chi connectivity index (χ1n) is 6.71. The number of methoxy groups -OCH3 is 4. The molecule has 0 aliphatic heterocycles. The van der Waals surface area contributed by atoms with Crippen LogP contribution in [0.15, 0.2) is 18.2 Å². The molecule has 0 saturated carbocycles. The van der Waals surface area contributed by atoms with Crippen molar-refractivity contribution < 1.29 is 23.7 Å². The summed E-state index contributed by atoms with van der Waals surface area (Å²) in [4.78, 5) is 8.20. The minimum atomic E-state index is -0.733. The Morgan fingerprint density at radius 2 is 1.46 bits per heavy atom. The molecular formula is C15H16Cl2N2O5. The summed E-state index contributed by atoms with van der Waals surface area (Å²) in [5, 5.41) is 0.660. The molecule has 0 saturated heterocycles. The second-order valence-corrected chi connectivity index (χ2v) is 5.29. The molecule has 0 aliphatic rings. The van der Waals surface area contributed by atoms with Gasteiger partial charge in [0, 0.05) is 19.2 Å². The normalized spacial score (nSPS) is 10.8. The number of nitrogens with zero attached hydrogens (tertiary/aromatic N) is 2. The summed E-state index contributed by atoms with van der Waals surface area (Å²) in [6.45, 7) is 0. The molecule has 0 amide bonds. The highest BCUT2D eigenvalue weighted by atomic mass is 35.5. The van der Waals surface area contributed by atoms with Crippen LogP contribution in [0.1, 0.15) is 11.9 Å². The van der Waals surface area contributed by atoms with Crippen LogP contribution in [0.25, 0.3) is 0 Å². The van der Waals surface area contributed by atoms with Gasteiger partial charge in [0.2, 0.25) is 11.8 Å². The van der Waals surface area contributed by atoms with E-state index in [1.165, 1.54) is 40.6 Å².